The number of piperidine rings is 1. The Balaban J connectivity index is 2.28. The van der Waals surface area contributed by atoms with Gasteiger partial charge in [0.1, 0.15) is 5.75 Å². The molecule has 1 fully saturated rings. The van der Waals surface area contributed by atoms with E-state index in [4.69, 9.17) is 0 Å². The highest BCUT2D eigenvalue weighted by Gasteiger charge is 2.30. The van der Waals surface area contributed by atoms with E-state index in [0.717, 1.165) is 10.0 Å². The molecule has 3 heteroatoms. The van der Waals surface area contributed by atoms with E-state index in [1.165, 1.54) is 19.3 Å². The second-order valence-electron chi connectivity index (χ2n) is 5.46. The first-order valence-corrected chi connectivity index (χ1v) is 7.56. The first-order chi connectivity index (χ1) is 8.50. The van der Waals surface area contributed by atoms with E-state index in [1.807, 2.05) is 12.1 Å². The maximum atomic E-state index is 10.1. The Morgan fingerprint density at radius 3 is 2.50 bits per heavy atom. The van der Waals surface area contributed by atoms with Gasteiger partial charge in [0.2, 0.25) is 0 Å². The van der Waals surface area contributed by atoms with Crippen molar-refractivity contribution < 1.29 is 5.11 Å². The summed E-state index contributed by atoms with van der Waals surface area (Å²) in [4.78, 5) is 2.53. The molecule has 1 aromatic carbocycles. The maximum Gasteiger partial charge on any atom is 0.120 e. The molecule has 3 atom stereocenters. The zero-order chi connectivity index (χ0) is 13.3. The molecule has 0 saturated carbocycles. The molecule has 0 amide bonds. The summed E-state index contributed by atoms with van der Waals surface area (Å²) in [5.74, 6) is 0.399. The van der Waals surface area contributed by atoms with Crippen molar-refractivity contribution in [3.8, 4) is 5.75 Å². The highest BCUT2D eigenvalue weighted by molar-refractivity contribution is 9.10. The van der Waals surface area contributed by atoms with Crippen LogP contribution in [0.15, 0.2) is 22.7 Å². The second kappa shape index (κ2) is 5.62. The van der Waals surface area contributed by atoms with Gasteiger partial charge in [0.05, 0.1) is 0 Å². The maximum absolute atomic E-state index is 10.1. The highest BCUT2D eigenvalue weighted by Crippen LogP contribution is 2.36. The smallest absolute Gasteiger partial charge is 0.120 e. The predicted molar refractivity (Wildman–Crippen MR) is 78.8 cm³/mol. The van der Waals surface area contributed by atoms with Crippen molar-refractivity contribution in [3.05, 3.63) is 28.2 Å². The number of halogens is 1. The van der Waals surface area contributed by atoms with Crippen LogP contribution in [0.3, 0.4) is 0 Å². The summed E-state index contributed by atoms with van der Waals surface area (Å²) in [5.41, 5.74) is 1.02. The highest BCUT2D eigenvalue weighted by atomic mass is 79.9. The van der Waals surface area contributed by atoms with E-state index < -0.39 is 0 Å². The van der Waals surface area contributed by atoms with Gasteiger partial charge in [0.25, 0.3) is 0 Å². The molecule has 2 rings (SSSR count). The van der Waals surface area contributed by atoms with Crippen molar-refractivity contribution >= 4 is 15.9 Å². The number of nitrogens with zero attached hydrogens (tertiary/aromatic N) is 1. The molecule has 100 valence electrons. The van der Waals surface area contributed by atoms with Crippen molar-refractivity contribution in [1.29, 1.82) is 0 Å². The van der Waals surface area contributed by atoms with E-state index in [1.54, 1.807) is 6.07 Å². The Kier molecular flexibility index (Phi) is 4.33. The molecule has 18 heavy (non-hydrogen) atoms. The quantitative estimate of drug-likeness (QED) is 0.870. The summed E-state index contributed by atoms with van der Waals surface area (Å²) in [6.07, 6.45) is 3.82. The van der Waals surface area contributed by atoms with Crippen LogP contribution in [0.1, 0.15) is 51.6 Å². The lowest BCUT2D eigenvalue weighted by Gasteiger charge is -2.43. The van der Waals surface area contributed by atoms with Gasteiger partial charge in [0, 0.05) is 28.2 Å². The van der Waals surface area contributed by atoms with Gasteiger partial charge in [-0.15, -0.1) is 0 Å². The second-order valence-corrected chi connectivity index (χ2v) is 6.37. The summed E-state index contributed by atoms with van der Waals surface area (Å²) in [5, 5.41) is 10.1. The third-order valence-electron chi connectivity index (χ3n) is 4.15. The topological polar surface area (TPSA) is 23.5 Å². The molecule has 0 spiro atoms. The summed E-state index contributed by atoms with van der Waals surface area (Å²) in [7, 11) is 0. The molecule has 1 N–H and O–H groups in total. The summed E-state index contributed by atoms with van der Waals surface area (Å²) >= 11 is 3.49. The van der Waals surface area contributed by atoms with Crippen molar-refractivity contribution in [2.24, 2.45) is 0 Å². The van der Waals surface area contributed by atoms with Crippen LogP contribution in [-0.2, 0) is 0 Å². The minimum Gasteiger partial charge on any atom is -0.508 e. The first-order valence-electron chi connectivity index (χ1n) is 6.76. The number of aromatic hydroxyl groups is 1. The predicted octanol–water partition coefficient (Wildman–Crippen LogP) is 4.48. The van der Waals surface area contributed by atoms with Gasteiger partial charge in [-0.1, -0.05) is 22.4 Å². The monoisotopic (exact) mass is 311 g/mol. The first kappa shape index (κ1) is 13.9. The average Bonchev–Trinajstić information content (AvgIpc) is 2.32. The molecule has 0 bridgehead atoms. The Hall–Kier alpha value is -0.540. The van der Waals surface area contributed by atoms with Crippen LogP contribution in [0.5, 0.6) is 5.75 Å². The fraction of sp³-hybridized carbons (Fsp3) is 0.600. The standard InChI is InChI=1S/C15H22BrNO/c1-10-5-4-6-11(2)17(10)12(3)14-9-13(16)7-8-15(14)18/h7-12,18H,4-6H2,1-3H3. The third kappa shape index (κ3) is 2.72. The number of hydrogen-bond acceptors (Lipinski definition) is 2. The van der Waals surface area contributed by atoms with Crippen molar-refractivity contribution in [2.75, 3.05) is 0 Å². The van der Waals surface area contributed by atoms with Crippen molar-refractivity contribution in [1.82, 2.24) is 4.90 Å². The van der Waals surface area contributed by atoms with Crippen LogP contribution >= 0.6 is 15.9 Å². The van der Waals surface area contributed by atoms with Gasteiger partial charge in [0.15, 0.2) is 0 Å². The molecule has 0 aromatic heterocycles. The number of benzene rings is 1. The molecule has 0 radical (unpaired) electrons. The molecule has 2 nitrogen and oxygen atoms in total. The third-order valence-corrected chi connectivity index (χ3v) is 4.64. The molecule has 1 aromatic rings. The van der Waals surface area contributed by atoms with Crippen molar-refractivity contribution in [3.63, 3.8) is 0 Å². The molecule has 0 aliphatic carbocycles. The van der Waals surface area contributed by atoms with Crippen LogP contribution in [0.4, 0.5) is 0 Å². The van der Waals surface area contributed by atoms with Crippen LogP contribution in [0.2, 0.25) is 0 Å². The van der Waals surface area contributed by atoms with Gasteiger partial charge in [-0.2, -0.15) is 0 Å². The number of rotatable bonds is 2. The summed E-state index contributed by atoms with van der Waals surface area (Å²) in [6.45, 7) is 6.78. The minimum atomic E-state index is 0.257. The zero-order valence-corrected chi connectivity index (χ0v) is 12.9. The molecule has 1 aliphatic heterocycles. The fourth-order valence-corrected chi connectivity index (χ4v) is 3.60. The molecular formula is C15H22BrNO. The number of phenols is 1. The van der Waals surface area contributed by atoms with Gasteiger partial charge in [-0.05, 0) is 51.8 Å². The number of phenolic OH excluding ortho intramolecular Hbond substituents is 1. The SMILES string of the molecule is CC1CCCC(C)N1C(C)c1cc(Br)ccc1O. The number of likely N-dealkylation sites (tertiary alicyclic amines) is 1. The van der Waals surface area contributed by atoms with Gasteiger partial charge < -0.3 is 5.11 Å². The number of hydrogen-bond donors (Lipinski definition) is 1. The lowest BCUT2D eigenvalue weighted by Crippen LogP contribution is -2.45. The molecule has 1 heterocycles. The van der Waals surface area contributed by atoms with E-state index in [9.17, 15) is 5.11 Å². The Morgan fingerprint density at radius 2 is 1.89 bits per heavy atom. The largest absolute Gasteiger partial charge is 0.508 e. The van der Waals surface area contributed by atoms with Gasteiger partial charge in [-0.3, -0.25) is 4.90 Å². The summed E-state index contributed by atoms with van der Waals surface area (Å²) < 4.78 is 1.03. The fourth-order valence-electron chi connectivity index (χ4n) is 3.23. The lowest BCUT2D eigenvalue weighted by atomic mass is 9.93. The lowest BCUT2D eigenvalue weighted by molar-refractivity contribution is 0.0612. The van der Waals surface area contributed by atoms with E-state index in [0.29, 0.717) is 17.8 Å². The molecule has 3 unspecified atom stereocenters. The summed E-state index contributed by atoms with van der Waals surface area (Å²) in [6, 6.07) is 7.12. The Bertz CT molecular complexity index is 411. The van der Waals surface area contributed by atoms with E-state index >= 15 is 0 Å². The average molecular weight is 312 g/mol. The Morgan fingerprint density at radius 1 is 1.28 bits per heavy atom. The zero-order valence-electron chi connectivity index (χ0n) is 11.4. The normalized spacial score (nSPS) is 27.1. The van der Waals surface area contributed by atoms with E-state index in [-0.39, 0.29) is 6.04 Å². The Labute approximate surface area is 118 Å². The van der Waals surface area contributed by atoms with Gasteiger partial charge in [-0.25, -0.2) is 0 Å². The molecule has 1 saturated heterocycles. The molecule has 1 aliphatic rings. The van der Waals surface area contributed by atoms with Crippen LogP contribution in [-0.4, -0.2) is 22.1 Å². The molecular weight excluding hydrogens is 290 g/mol. The van der Waals surface area contributed by atoms with E-state index in [2.05, 4.69) is 41.6 Å². The van der Waals surface area contributed by atoms with Gasteiger partial charge >= 0.3 is 0 Å². The van der Waals surface area contributed by atoms with Crippen LogP contribution in [0.25, 0.3) is 0 Å². The van der Waals surface area contributed by atoms with Crippen LogP contribution in [0, 0.1) is 0 Å². The van der Waals surface area contributed by atoms with Crippen molar-refractivity contribution in [2.45, 2.75) is 58.2 Å². The van der Waals surface area contributed by atoms with Crippen LogP contribution < -0.4 is 0 Å². The minimum absolute atomic E-state index is 0.257.